The van der Waals surface area contributed by atoms with Gasteiger partial charge in [-0.1, -0.05) is 58.7 Å². The van der Waals surface area contributed by atoms with Gasteiger partial charge in [-0.15, -0.1) is 11.3 Å². The molecule has 1 aliphatic rings. The van der Waals surface area contributed by atoms with E-state index in [0.717, 1.165) is 35.9 Å². The van der Waals surface area contributed by atoms with Gasteiger partial charge < -0.3 is 9.42 Å². The Kier molecular flexibility index (Phi) is 6.70. The number of halogens is 2. The number of aryl methyl sites for hydroxylation is 1. The van der Waals surface area contributed by atoms with Gasteiger partial charge in [0.25, 0.3) is 5.91 Å². The Labute approximate surface area is 211 Å². The maximum Gasteiger partial charge on any atom is 0.259 e. The fraction of sp³-hybridized carbons (Fsp3) is 0.240. The average Bonchev–Trinajstić information content (AvgIpc) is 3.46. The van der Waals surface area contributed by atoms with Gasteiger partial charge in [0.15, 0.2) is 0 Å². The lowest BCUT2D eigenvalue weighted by atomic mass is 10.0. The summed E-state index contributed by atoms with van der Waals surface area (Å²) in [6, 6.07) is 15.1. The number of rotatable bonds is 5. The van der Waals surface area contributed by atoms with Gasteiger partial charge in [0.05, 0.1) is 17.3 Å². The van der Waals surface area contributed by atoms with Gasteiger partial charge in [-0.3, -0.25) is 9.69 Å². The quantitative estimate of drug-likeness (QED) is 0.326. The minimum Gasteiger partial charge on any atom is -0.360 e. The van der Waals surface area contributed by atoms with Crippen LogP contribution >= 0.6 is 34.5 Å². The Morgan fingerprint density at radius 1 is 1.06 bits per heavy atom. The van der Waals surface area contributed by atoms with Crippen molar-refractivity contribution in [1.29, 1.82) is 0 Å². The summed E-state index contributed by atoms with van der Waals surface area (Å²) >= 11 is 14.0. The van der Waals surface area contributed by atoms with Crippen molar-refractivity contribution in [3.05, 3.63) is 80.3 Å². The molecule has 2 aromatic carbocycles. The lowest BCUT2D eigenvalue weighted by molar-refractivity contribution is 0.0627. The number of amides is 1. The normalized spacial score (nSPS) is 14.5. The van der Waals surface area contributed by atoms with Crippen LogP contribution in [0.25, 0.3) is 22.5 Å². The Hall–Kier alpha value is -2.71. The van der Waals surface area contributed by atoms with Crippen LogP contribution < -0.4 is 0 Å². The summed E-state index contributed by atoms with van der Waals surface area (Å²) in [6.45, 7) is 5.32. The third kappa shape index (κ3) is 4.74. The Morgan fingerprint density at radius 3 is 2.53 bits per heavy atom. The molecule has 2 aromatic heterocycles. The van der Waals surface area contributed by atoms with Crippen LogP contribution in [0, 0.1) is 6.92 Å². The molecule has 9 heteroatoms. The molecule has 174 valence electrons. The van der Waals surface area contributed by atoms with Gasteiger partial charge in [-0.25, -0.2) is 4.98 Å². The van der Waals surface area contributed by atoms with Crippen molar-refractivity contribution in [1.82, 2.24) is 19.9 Å². The molecule has 5 rings (SSSR count). The number of thiazole rings is 1. The maximum absolute atomic E-state index is 13.4. The minimum absolute atomic E-state index is 0.0763. The van der Waals surface area contributed by atoms with Crippen molar-refractivity contribution in [3.63, 3.8) is 0 Å². The predicted octanol–water partition coefficient (Wildman–Crippen LogP) is 6.04. The van der Waals surface area contributed by atoms with Crippen molar-refractivity contribution < 1.29 is 9.32 Å². The average molecular weight is 513 g/mol. The first-order valence-corrected chi connectivity index (χ1v) is 12.6. The molecular formula is C25H22Cl2N4O2S. The Morgan fingerprint density at radius 2 is 1.79 bits per heavy atom. The van der Waals surface area contributed by atoms with E-state index in [1.54, 1.807) is 24.3 Å². The van der Waals surface area contributed by atoms with Crippen LogP contribution in [-0.2, 0) is 6.54 Å². The Balaban J connectivity index is 1.23. The number of piperazine rings is 1. The minimum atomic E-state index is -0.0763. The molecule has 0 radical (unpaired) electrons. The highest BCUT2D eigenvalue weighted by atomic mass is 35.5. The summed E-state index contributed by atoms with van der Waals surface area (Å²) in [5.74, 6) is 0.424. The zero-order valence-corrected chi connectivity index (χ0v) is 20.8. The number of aromatic nitrogens is 2. The van der Waals surface area contributed by atoms with E-state index in [4.69, 9.17) is 32.7 Å². The van der Waals surface area contributed by atoms with E-state index in [2.05, 4.69) is 15.4 Å². The van der Waals surface area contributed by atoms with Crippen LogP contribution in [0.5, 0.6) is 0 Å². The summed E-state index contributed by atoms with van der Waals surface area (Å²) in [5, 5.41) is 8.52. The van der Waals surface area contributed by atoms with Crippen molar-refractivity contribution in [2.24, 2.45) is 0 Å². The fourth-order valence-electron chi connectivity index (χ4n) is 4.06. The molecule has 1 saturated heterocycles. The molecule has 0 unspecified atom stereocenters. The molecule has 0 N–H and O–H groups in total. The lowest BCUT2D eigenvalue weighted by Gasteiger charge is -2.34. The molecule has 3 heterocycles. The number of carbonyl (C=O) groups excluding carboxylic acids is 1. The first-order chi connectivity index (χ1) is 16.5. The van der Waals surface area contributed by atoms with Crippen molar-refractivity contribution >= 4 is 40.4 Å². The molecule has 0 bridgehead atoms. The van der Waals surface area contributed by atoms with Gasteiger partial charge in [0, 0.05) is 47.7 Å². The summed E-state index contributed by atoms with van der Waals surface area (Å²) in [6.07, 6.45) is 0. The molecule has 0 saturated carbocycles. The highest BCUT2D eigenvalue weighted by Gasteiger charge is 2.29. The van der Waals surface area contributed by atoms with Crippen LogP contribution in [0.2, 0.25) is 10.0 Å². The van der Waals surface area contributed by atoms with E-state index in [9.17, 15) is 4.79 Å². The lowest BCUT2D eigenvalue weighted by Crippen LogP contribution is -2.48. The first kappa shape index (κ1) is 23.1. The molecule has 1 amide bonds. The van der Waals surface area contributed by atoms with E-state index >= 15 is 0 Å². The molecule has 0 aliphatic carbocycles. The Bertz CT molecular complexity index is 1310. The topological polar surface area (TPSA) is 62.5 Å². The van der Waals surface area contributed by atoms with Crippen molar-refractivity contribution in [3.8, 4) is 22.5 Å². The molecule has 34 heavy (non-hydrogen) atoms. The maximum atomic E-state index is 13.4. The van der Waals surface area contributed by atoms with Gasteiger partial charge in [0.2, 0.25) is 0 Å². The third-order valence-electron chi connectivity index (χ3n) is 5.92. The fourth-order valence-corrected chi connectivity index (χ4v) is 5.25. The molecular weight excluding hydrogens is 491 g/mol. The second kappa shape index (κ2) is 9.88. The van der Waals surface area contributed by atoms with Gasteiger partial charge in [-0.2, -0.15) is 0 Å². The highest BCUT2D eigenvalue weighted by Crippen LogP contribution is 2.32. The zero-order chi connectivity index (χ0) is 23.7. The molecule has 1 fully saturated rings. The first-order valence-electron chi connectivity index (χ1n) is 10.9. The summed E-state index contributed by atoms with van der Waals surface area (Å²) < 4.78 is 5.38. The van der Waals surface area contributed by atoms with Crippen LogP contribution in [0.15, 0.2) is 58.4 Å². The largest absolute Gasteiger partial charge is 0.360 e. The monoisotopic (exact) mass is 512 g/mol. The number of carbonyl (C=O) groups is 1. The number of hydrogen-bond donors (Lipinski definition) is 0. The van der Waals surface area contributed by atoms with E-state index in [1.807, 2.05) is 47.4 Å². The van der Waals surface area contributed by atoms with Crippen LogP contribution in [0.3, 0.4) is 0 Å². The SMILES string of the molecule is Cc1onc(-c2ccccc2Cl)c1C(=O)N1CCN(Cc2nc(-c3ccc(Cl)cc3)cs2)CC1. The summed E-state index contributed by atoms with van der Waals surface area (Å²) in [4.78, 5) is 22.3. The summed E-state index contributed by atoms with van der Waals surface area (Å²) in [5.41, 5.74) is 3.69. The molecule has 0 spiro atoms. The third-order valence-corrected chi connectivity index (χ3v) is 7.33. The predicted molar refractivity (Wildman–Crippen MR) is 135 cm³/mol. The van der Waals surface area contributed by atoms with Gasteiger partial charge in [-0.05, 0) is 25.1 Å². The molecule has 4 aromatic rings. The molecule has 1 aliphatic heterocycles. The number of benzene rings is 2. The highest BCUT2D eigenvalue weighted by molar-refractivity contribution is 7.09. The van der Waals surface area contributed by atoms with E-state index < -0.39 is 0 Å². The smallest absolute Gasteiger partial charge is 0.259 e. The van der Waals surface area contributed by atoms with Gasteiger partial charge >= 0.3 is 0 Å². The van der Waals surface area contributed by atoms with Crippen molar-refractivity contribution in [2.75, 3.05) is 26.2 Å². The van der Waals surface area contributed by atoms with E-state index in [0.29, 0.717) is 45.7 Å². The second-order valence-electron chi connectivity index (χ2n) is 8.14. The van der Waals surface area contributed by atoms with Crippen LogP contribution in [0.4, 0.5) is 0 Å². The zero-order valence-electron chi connectivity index (χ0n) is 18.5. The number of hydrogen-bond acceptors (Lipinski definition) is 6. The van der Waals surface area contributed by atoms with Crippen molar-refractivity contribution in [2.45, 2.75) is 13.5 Å². The van der Waals surface area contributed by atoms with E-state index in [-0.39, 0.29) is 5.91 Å². The summed E-state index contributed by atoms with van der Waals surface area (Å²) in [7, 11) is 0. The van der Waals surface area contributed by atoms with Crippen LogP contribution in [0.1, 0.15) is 21.1 Å². The second-order valence-corrected chi connectivity index (χ2v) is 9.93. The molecule has 6 nitrogen and oxygen atoms in total. The number of nitrogens with zero attached hydrogens (tertiary/aromatic N) is 4. The molecule has 0 atom stereocenters. The van der Waals surface area contributed by atoms with E-state index in [1.165, 1.54) is 0 Å². The van der Waals surface area contributed by atoms with Gasteiger partial charge in [0.1, 0.15) is 22.0 Å². The standard InChI is InChI=1S/C25H22Cl2N4O2S/c1-16-23(24(29-33-16)19-4-2-3-5-20(19)27)25(32)31-12-10-30(11-13-31)14-22-28-21(15-34-22)17-6-8-18(26)9-7-17/h2-9,15H,10-14H2,1H3. The van der Waals surface area contributed by atoms with Crippen LogP contribution in [-0.4, -0.2) is 52.0 Å².